The summed E-state index contributed by atoms with van der Waals surface area (Å²) in [6.07, 6.45) is 0. The number of nitrogens with one attached hydrogen (secondary N) is 1. The summed E-state index contributed by atoms with van der Waals surface area (Å²) in [6, 6.07) is 11.6. The van der Waals surface area contributed by atoms with E-state index in [0.717, 1.165) is 5.39 Å². The van der Waals surface area contributed by atoms with E-state index in [1.807, 2.05) is 38.1 Å². The minimum atomic E-state index is -4.23. The predicted molar refractivity (Wildman–Crippen MR) is 92.8 cm³/mol. The van der Waals surface area contributed by atoms with Crippen molar-refractivity contribution in [3.63, 3.8) is 0 Å². The van der Waals surface area contributed by atoms with Crippen molar-refractivity contribution in [3.8, 4) is 5.75 Å². The van der Waals surface area contributed by atoms with Crippen LogP contribution in [0, 0.1) is 5.92 Å². The molecule has 0 amide bonds. The molecule has 0 bridgehead atoms. The number of ether oxygens (including phenoxy) is 1. The highest BCUT2D eigenvalue weighted by atomic mass is 31.2. The van der Waals surface area contributed by atoms with Crippen LogP contribution in [-0.4, -0.2) is 23.5 Å². The van der Waals surface area contributed by atoms with Crippen LogP contribution in [0.25, 0.3) is 10.8 Å². The number of benzene rings is 2. The SMILES string of the molecule is CC(C)COC(=O)C(C)NP(=O)(O)Oc1cccc2ccccc12. The lowest BCUT2D eigenvalue weighted by Gasteiger charge is -2.19. The second-order valence-corrected chi connectivity index (χ2v) is 7.45. The molecule has 2 unspecified atom stereocenters. The first-order valence-corrected chi connectivity index (χ1v) is 9.31. The lowest BCUT2D eigenvalue weighted by atomic mass is 10.1. The maximum absolute atomic E-state index is 12.3. The summed E-state index contributed by atoms with van der Waals surface area (Å²) in [5.41, 5.74) is 0. The Hall–Kier alpha value is -1.88. The average molecular weight is 351 g/mol. The van der Waals surface area contributed by atoms with Crippen LogP contribution >= 0.6 is 7.75 Å². The predicted octanol–water partition coefficient (Wildman–Crippen LogP) is 3.50. The van der Waals surface area contributed by atoms with E-state index in [9.17, 15) is 14.3 Å². The fraction of sp³-hybridized carbons (Fsp3) is 0.353. The lowest BCUT2D eigenvalue weighted by Crippen LogP contribution is -2.35. The largest absolute Gasteiger partial charge is 0.464 e. The van der Waals surface area contributed by atoms with Crippen molar-refractivity contribution in [2.45, 2.75) is 26.8 Å². The Morgan fingerprint density at radius 2 is 1.83 bits per heavy atom. The van der Waals surface area contributed by atoms with Gasteiger partial charge in [0.1, 0.15) is 11.8 Å². The molecule has 6 nitrogen and oxygen atoms in total. The molecule has 2 rings (SSSR count). The van der Waals surface area contributed by atoms with Crippen LogP contribution < -0.4 is 9.61 Å². The Morgan fingerprint density at radius 1 is 1.17 bits per heavy atom. The van der Waals surface area contributed by atoms with Gasteiger partial charge in [0.2, 0.25) is 0 Å². The first-order chi connectivity index (χ1) is 11.3. The highest BCUT2D eigenvalue weighted by Gasteiger charge is 2.28. The second kappa shape index (κ2) is 7.79. The fourth-order valence-corrected chi connectivity index (χ4v) is 3.18. The summed E-state index contributed by atoms with van der Waals surface area (Å²) in [5, 5.41) is 3.91. The molecule has 0 aromatic heterocycles. The van der Waals surface area contributed by atoms with E-state index in [4.69, 9.17) is 9.26 Å². The Labute approximate surface area is 141 Å². The van der Waals surface area contributed by atoms with Gasteiger partial charge in [-0.15, -0.1) is 0 Å². The van der Waals surface area contributed by atoms with Crippen molar-refractivity contribution >= 4 is 24.5 Å². The zero-order chi connectivity index (χ0) is 17.7. The van der Waals surface area contributed by atoms with Gasteiger partial charge in [0.05, 0.1) is 6.61 Å². The molecular weight excluding hydrogens is 329 g/mol. The number of hydrogen-bond donors (Lipinski definition) is 2. The minimum absolute atomic E-state index is 0.189. The Morgan fingerprint density at radius 3 is 2.54 bits per heavy atom. The quantitative estimate of drug-likeness (QED) is 0.587. The van der Waals surface area contributed by atoms with Gasteiger partial charge in [0, 0.05) is 5.39 Å². The number of carbonyl (C=O) groups is 1. The molecule has 0 saturated carbocycles. The first kappa shape index (κ1) is 18.5. The molecule has 0 aliphatic heterocycles. The van der Waals surface area contributed by atoms with Crippen LogP contribution in [0.1, 0.15) is 20.8 Å². The van der Waals surface area contributed by atoms with E-state index in [-0.39, 0.29) is 18.3 Å². The lowest BCUT2D eigenvalue weighted by molar-refractivity contribution is -0.146. The van der Waals surface area contributed by atoms with Crippen LogP contribution in [0.15, 0.2) is 42.5 Å². The zero-order valence-electron chi connectivity index (χ0n) is 13.9. The van der Waals surface area contributed by atoms with Crippen molar-refractivity contribution in [1.82, 2.24) is 5.09 Å². The number of fused-ring (bicyclic) bond motifs is 1. The van der Waals surface area contributed by atoms with Gasteiger partial charge in [-0.1, -0.05) is 50.2 Å². The summed E-state index contributed by atoms with van der Waals surface area (Å²) in [5.74, 6) is -0.136. The van der Waals surface area contributed by atoms with Crippen molar-refractivity contribution in [2.24, 2.45) is 5.92 Å². The van der Waals surface area contributed by atoms with Crippen LogP contribution in [0.3, 0.4) is 0 Å². The number of esters is 1. The Kier molecular flexibility index (Phi) is 5.99. The van der Waals surface area contributed by atoms with Gasteiger partial charge >= 0.3 is 13.7 Å². The van der Waals surface area contributed by atoms with E-state index in [1.165, 1.54) is 6.92 Å². The molecule has 2 aromatic carbocycles. The van der Waals surface area contributed by atoms with E-state index >= 15 is 0 Å². The van der Waals surface area contributed by atoms with Gasteiger partial charge in [-0.05, 0) is 24.3 Å². The fourth-order valence-electron chi connectivity index (χ4n) is 2.11. The molecule has 0 aliphatic rings. The van der Waals surface area contributed by atoms with E-state index < -0.39 is 19.8 Å². The number of rotatable bonds is 7. The van der Waals surface area contributed by atoms with Crippen LogP contribution in [0.4, 0.5) is 0 Å². The maximum atomic E-state index is 12.3. The van der Waals surface area contributed by atoms with E-state index in [1.54, 1.807) is 18.2 Å². The molecule has 130 valence electrons. The molecule has 0 radical (unpaired) electrons. The summed E-state index contributed by atoms with van der Waals surface area (Å²) in [7, 11) is -4.23. The normalized spacial score (nSPS) is 15.0. The summed E-state index contributed by atoms with van der Waals surface area (Å²) in [6.45, 7) is 5.53. The van der Waals surface area contributed by atoms with Gasteiger partial charge in [-0.3, -0.25) is 4.79 Å². The van der Waals surface area contributed by atoms with Crippen LogP contribution in [-0.2, 0) is 14.1 Å². The molecule has 0 saturated heterocycles. The van der Waals surface area contributed by atoms with Gasteiger partial charge in [-0.25, -0.2) is 4.57 Å². The number of carbonyl (C=O) groups excluding carboxylic acids is 1. The van der Waals surface area contributed by atoms with E-state index in [2.05, 4.69) is 5.09 Å². The zero-order valence-corrected chi connectivity index (χ0v) is 14.8. The molecule has 0 aliphatic carbocycles. The van der Waals surface area contributed by atoms with Gasteiger partial charge in [0.15, 0.2) is 0 Å². The van der Waals surface area contributed by atoms with Gasteiger partial charge in [-0.2, -0.15) is 5.09 Å². The maximum Gasteiger partial charge on any atom is 0.456 e. The summed E-state index contributed by atoms with van der Waals surface area (Å²) < 4.78 is 22.6. The van der Waals surface area contributed by atoms with Crippen molar-refractivity contribution in [1.29, 1.82) is 0 Å². The standard InChI is InChI=1S/C17H22NO5P/c1-12(2)11-22-17(19)13(3)18-24(20,21)23-16-10-6-8-14-7-4-5-9-15(14)16/h4-10,12-13H,11H2,1-3H3,(H2,18,20,21). The molecule has 0 heterocycles. The van der Waals surface area contributed by atoms with Crippen LogP contribution in [0.5, 0.6) is 5.75 Å². The minimum Gasteiger partial charge on any atom is -0.464 e. The molecule has 2 aromatic rings. The summed E-state index contributed by atoms with van der Waals surface area (Å²) >= 11 is 0. The smallest absolute Gasteiger partial charge is 0.456 e. The third kappa shape index (κ3) is 5.06. The van der Waals surface area contributed by atoms with Gasteiger partial charge in [0.25, 0.3) is 0 Å². The van der Waals surface area contributed by atoms with E-state index in [0.29, 0.717) is 5.39 Å². The third-order valence-electron chi connectivity index (χ3n) is 3.24. The van der Waals surface area contributed by atoms with Gasteiger partial charge < -0.3 is 14.2 Å². The first-order valence-electron chi connectivity index (χ1n) is 7.73. The molecular formula is C17H22NO5P. The molecule has 7 heteroatoms. The average Bonchev–Trinajstić information content (AvgIpc) is 2.52. The topological polar surface area (TPSA) is 84.9 Å². The molecule has 2 N–H and O–H groups in total. The molecule has 2 atom stereocenters. The van der Waals surface area contributed by atoms with Crippen molar-refractivity contribution in [3.05, 3.63) is 42.5 Å². The highest BCUT2D eigenvalue weighted by Crippen LogP contribution is 2.41. The Balaban J connectivity index is 2.07. The van der Waals surface area contributed by atoms with Crippen LogP contribution in [0.2, 0.25) is 0 Å². The Bertz CT molecular complexity index is 756. The van der Waals surface area contributed by atoms with Crippen molar-refractivity contribution in [2.75, 3.05) is 6.61 Å². The highest BCUT2D eigenvalue weighted by molar-refractivity contribution is 7.51. The molecule has 0 spiro atoms. The monoisotopic (exact) mass is 351 g/mol. The summed E-state index contributed by atoms with van der Waals surface area (Å²) in [4.78, 5) is 21.9. The molecule has 0 fully saturated rings. The third-order valence-corrected chi connectivity index (χ3v) is 4.40. The number of hydrogen-bond acceptors (Lipinski definition) is 4. The van der Waals surface area contributed by atoms with Crippen molar-refractivity contribution < 1.29 is 23.5 Å². The second-order valence-electron chi connectivity index (χ2n) is 5.96. The molecule has 24 heavy (non-hydrogen) atoms.